The Morgan fingerprint density at radius 2 is 1.58 bits per heavy atom. The number of rotatable bonds is 5. The van der Waals surface area contributed by atoms with E-state index >= 15 is 0 Å². The van der Waals surface area contributed by atoms with E-state index in [1.54, 1.807) is 0 Å². The van der Waals surface area contributed by atoms with Crippen LogP contribution in [-0.2, 0) is 28.5 Å². The number of anilines is 1. The first kappa shape index (κ1) is 27.2. The van der Waals surface area contributed by atoms with Crippen molar-refractivity contribution >= 4 is 33.8 Å². The molecule has 3 heterocycles. The Labute approximate surface area is 201 Å². The number of aromatic nitrogens is 3. The zero-order chi connectivity index (χ0) is 24.9. The molecule has 3 rings (SSSR count). The van der Waals surface area contributed by atoms with Crippen molar-refractivity contribution in [3.8, 4) is 0 Å². The van der Waals surface area contributed by atoms with Gasteiger partial charge in [0, 0.05) is 25.7 Å². The van der Waals surface area contributed by atoms with Crippen LogP contribution >= 0.6 is 15.9 Å². The molecule has 3 unspecified atom stereocenters. The van der Waals surface area contributed by atoms with Crippen LogP contribution in [0.4, 0.5) is 5.95 Å². The monoisotopic (exact) mass is 532 g/mol. The fourth-order valence-corrected chi connectivity index (χ4v) is 4.94. The third kappa shape index (κ3) is 6.73. The molecule has 2 N–H and O–H groups in total. The number of carbonyl (C=O) groups excluding carboxylic acids is 2. The van der Waals surface area contributed by atoms with Crippen LogP contribution < -0.4 is 11.4 Å². The highest BCUT2D eigenvalue weighted by Gasteiger charge is 2.45. The van der Waals surface area contributed by atoms with E-state index in [4.69, 9.17) is 24.7 Å². The number of nitrogens with two attached hydrogens (primary N) is 1. The van der Waals surface area contributed by atoms with Gasteiger partial charge in [-0.2, -0.15) is 4.98 Å². The highest BCUT2D eigenvalue weighted by Crippen LogP contribution is 2.36. The van der Waals surface area contributed by atoms with E-state index in [9.17, 15) is 14.4 Å². The van der Waals surface area contributed by atoms with Crippen LogP contribution in [0.25, 0.3) is 0 Å². The van der Waals surface area contributed by atoms with Gasteiger partial charge in [0.05, 0.1) is 12.2 Å². The SMILES string of the molecule is CC[C@H]1OC(Br)C(OC(C)=O)[C@H]1C.CC[C@H]1O[C@@H](n2cnc(N)nc2=O)C(OC(C)=O)[C@H]1C. The number of nitrogen functional groups attached to an aromatic ring is 1. The second-order valence-electron chi connectivity index (χ2n) is 8.18. The van der Waals surface area contributed by atoms with Crippen molar-refractivity contribution in [2.24, 2.45) is 11.8 Å². The van der Waals surface area contributed by atoms with Crippen molar-refractivity contribution in [1.82, 2.24) is 14.5 Å². The van der Waals surface area contributed by atoms with Crippen LogP contribution in [0.2, 0.25) is 0 Å². The zero-order valence-corrected chi connectivity index (χ0v) is 21.4. The van der Waals surface area contributed by atoms with Gasteiger partial charge in [0.25, 0.3) is 0 Å². The van der Waals surface area contributed by atoms with Gasteiger partial charge >= 0.3 is 17.6 Å². The summed E-state index contributed by atoms with van der Waals surface area (Å²) in [6, 6.07) is 0. The quantitative estimate of drug-likeness (QED) is 0.442. The number of carbonyl (C=O) groups is 2. The Balaban J connectivity index is 0.000000257. The molecule has 2 fully saturated rings. The molecule has 11 nitrogen and oxygen atoms in total. The minimum absolute atomic E-state index is 0.0293. The molecular weight excluding hydrogens is 500 g/mol. The van der Waals surface area contributed by atoms with E-state index in [0.29, 0.717) is 0 Å². The summed E-state index contributed by atoms with van der Waals surface area (Å²) in [6.45, 7) is 10.7. The van der Waals surface area contributed by atoms with E-state index in [-0.39, 0.29) is 47.1 Å². The highest BCUT2D eigenvalue weighted by atomic mass is 79.9. The fraction of sp³-hybridized carbons (Fsp3) is 0.762. The van der Waals surface area contributed by atoms with Gasteiger partial charge in [-0.3, -0.25) is 14.2 Å². The van der Waals surface area contributed by atoms with Crippen molar-refractivity contribution in [2.75, 3.05) is 5.73 Å². The first-order valence-electron chi connectivity index (χ1n) is 11.0. The van der Waals surface area contributed by atoms with E-state index < -0.39 is 24.0 Å². The van der Waals surface area contributed by atoms with Gasteiger partial charge in [-0.1, -0.05) is 43.6 Å². The number of esters is 2. The van der Waals surface area contributed by atoms with Crippen LogP contribution in [0, 0.1) is 11.8 Å². The summed E-state index contributed by atoms with van der Waals surface area (Å²) in [7, 11) is 0. The van der Waals surface area contributed by atoms with Crippen LogP contribution in [0.1, 0.15) is 60.6 Å². The first-order chi connectivity index (χ1) is 15.5. The third-order valence-corrected chi connectivity index (χ3v) is 6.53. The number of alkyl halides is 1. The van der Waals surface area contributed by atoms with Gasteiger partial charge < -0.3 is 24.7 Å². The third-order valence-electron chi connectivity index (χ3n) is 5.80. The van der Waals surface area contributed by atoms with Crippen molar-refractivity contribution in [3.63, 3.8) is 0 Å². The van der Waals surface area contributed by atoms with Gasteiger partial charge in [-0.15, -0.1) is 0 Å². The Morgan fingerprint density at radius 3 is 2.06 bits per heavy atom. The first-order valence-corrected chi connectivity index (χ1v) is 11.9. The van der Waals surface area contributed by atoms with E-state index in [0.717, 1.165) is 12.8 Å². The second kappa shape index (κ2) is 11.9. The summed E-state index contributed by atoms with van der Waals surface area (Å²) in [5.41, 5.74) is 4.78. The zero-order valence-electron chi connectivity index (χ0n) is 19.8. The van der Waals surface area contributed by atoms with Gasteiger partial charge in [0.2, 0.25) is 5.95 Å². The number of nitrogens with zero attached hydrogens (tertiary/aromatic N) is 3. The van der Waals surface area contributed by atoms with Gasteiger partial charge in [0.15, 0.2) is 12.3 Å². The van der Waals surface area contributed by atoms with Crippen LogP contribution in [0.3, 0.4) is 0 Å². The van der Waals surface area contributed by atoms with E-state index in [1.165, 1.54) is 24.7 Å². The predicted molar refractivity (Wildman–Crippen MR) is 122 cm³/mol. The van der Waals surface area contributed by atoms with Crippen LogP contribution in [0.15, 0.2) is 11.1 Å². The van der Waals surface area contributed by atoms with E-state index in [1.807, 2.05) is 20.8 Å². The molecule has 2 saturated heterocycles. The molecule has 2 aliphatic heterocycles. The molecule has 0 bridgehead atoms. The van der Waals surface area contributed by atoms with Crippen LogP contribution in [-0.4, -0.2) is 55.9 Å². The molecule has 0 radical (unpaired) electrons. The van der Waals surface area contributed by atoms with Crippen molar-refractivity contribution in [3.05, 3.63) is 16.8 Å². The largest absolute Gasteiger partial charge is 0.458 e. The number of hydrogen-bond acceptors (Lipinski definition) is 10. The molecule has 1 aromatic rings. The number of hydrogen-bond donors (Lipinski definition) is 1. The molecule has 186 valence electrons. The maximum absolute atomic E-state index is 11.9. The number of ether oxygens (including phenoxy) is 4. The fourth-order valence-electron chi connectivity index (χ4n) is 4.07. The molecule has 1 aromatic heterocycles. The summed E-state index contributed by atoms with van der Waals surface area (Å²) in [6.07, 6.45) is 1.61. The van der Waals surface area contributed by atoms with Gasteiger partial charge in [-0.05, 0) is 12.8 Å². The van der Waals surface area contributed by atoms with Crippen molar-refractivity contribution < 1.29 is 28.5 Å². The number of halogens is 1. The normalized spacial score (nSPS) is 33.2. The molecular formula is C21H33BrN4O7. The Kier molecular flexibility index (Phi) is 9.80. The average molecular weight is 533 g/mol. The summed E-state index contributed by atoms with van der Waals surface area (Å²) in [4.78, 5) is 41.2. The molecule has 0 spiro atoms. The Hall–Kier alpha value is -2.05. The molecule has 0 saturated carbocycles. The molecule has 2 aliphatic rings. The smallest absolute Gasteiger partial charge is 0.354 e. The predicted octanol–water partition coefficient (Wildman–Crippen LogP) is 2.18. The van der Waals surface area contributed by atoms with Crippen molar-refractivity contribution in [2.45, 2.75) is 90.0 Å². The Bertz CT molecular complexity index is 882. The maximum atomic E-state index is 11.9. The molecule has 8 atom stereocenters. The Morgan fingerprint density at radius 1 is 1.06 bits per heavy atom. The average Bonchev–Trinajstić information content (AvgIpc) is 3.18. The molecule has 0 aromatic carbocycles. The highest BCUT2D eigenvalue weighted by molar-refractivity contribution is 9.09. The lowest BCUT2D eigenvalue weighted by Crippen LogP contribution is -2.36. The summed E-state index contributed by atoms with van der Waals surface area (Å²) in [5, 5.41) is -0.156. The summed E-state index contributed by atoms with van der Waals surface area (Å²) >= 11 is 3.36. The molecule has 0 amide bonds. The topological polar surface area (TPSA) is 145 Å². The van der Waals surface area contributed by atoms with E-state index in [2.05, 4.69) is 32.8 Å². The van der Waals surface area contributed by atoms with Crippen LogP contribution in [0.5, 0.6) is 0 Å². The molecule has 0 aliphatic carbocycles. The maximum Gasteiger partial charge on any atom is 0.354 e. The van der Waals surface area contributed by atoms with Gasteiger partial charge in [-0.25, -0.2) is 9.78 Å². The second-order valence-corrected chi connectivity index (χ2v) is 9.08. The summed E-state index contributed by atoms with van der Waals surface area (Å²) in [5.74, 6) is -0.539. The van der Waals surface area contributed by atoms with Crippen molar-refractivity contribution in [1.29, 1.82) is 0 Å². The van der Waals surface area contributed by atoms with Gasteiger partial charge in [0.1, 0.15) is 17.4 Å². The lowest BCUT2D eigenvalue weighted by Gasteiger charge is -2.21. The minimum atomic E-state index is -0.730. The lowest BCUT2D eigenvalue weighted by molar-refractivity contribution is -0.154. The molecule has 33 heavy (non-hydrogen) atoms. The standard InChI is InChI=1S/C12H18N4O4.C9H15BrO3/c1-4-8-6(2)9(19-7(3)17)10(20-8)16-5-14-11(13)15-12(16)18;1-4-7-5(2)8(9(10)13-7)12-6(3)11/h5-6,8-10H,4H2,1-3H3,(H2,13,15,18);5,7-9H,4H2,1-3H3/t6-,8+,9?,10+;5-,7+,8?,9?/m00/s1. The summed E-state index contributed by atoms with van der Waals surface area (Å²) < 4.78 is 23.0. The molecule has 12 heteroatoms. The minimum Gasteiger partial charge on any atom is -0.458 e. The lowest BCUT2D eigenvalue weighted by atomic mass is 9.98.